The maximum absolute atomic E-state index is 9.70. The summed E-state index contributed by atoms with van der Waals surface area (Å²) in [5.41, 5.74) is 0. The molecule has 0 aromatic carbocycles. The number of carbonyl (C=O) groups is 1. The average Bonchev–Trinajstić information content (AvgIpc) is 2.43. The molecular formula is C17H59O12Zr2-. The van der Waals surface area contributed by atoms with Crippen LogP contribution >= 0.6 is 0 Å². The van der Waals surface area contributed by atoms with E-state index in [1.54, 1.807) is 6.92 Å². The molecule has 0 atom stereocenters. The summed E-state index contributed by atoms with van der Waals surface area (Å²) in [5, 5.41) is 24.2. The number of unbranched alkanes of at least 4 members (excludes halogenated alkanes) is 3. The van der Waals surface area contributed by atoms with Crippen molar-refractivity contribution in [3.05, 3.63) is 6.92 Å². The maximum atomic E-state index is 9.70. The molecule has 0 aromatic rings. The van der Waals surface area contributed by atoms with Crippen LogP contribution in [0.3, 0.4) is 0 Å². The third-order valence-electron chi connectivity index (χ3n) is 1.93. The van der Waals surface area contributed by atoms with Crippen LogP contribution in [0, 0.1) is 6.92 Å². The number of carbonyl (C=O) groups excluding carboxylic acids is 1. The van der Waals surface area contributed by atoms with Gasteiger partial charge >= 0.3 is 0 Å². The van der Waals surface area contributed by atoms with Crippen molar-refractivity contribution in [1.29, 1.82) is 0 Å². The van der Waals surface area contributed by atoms with E-state index in [-0.39, 0.29) is 111 Å². The molecule has 0 amide bonds. The number of Topliss-reactive ketones (excluding diaryl/α,β-unsaturated/α-hetero) is 1. The Morgan fingerprint density at radius 1 is 0.613 bits per heavy atom. The molecule has 0 radical (unpaired) electrons. The van der Waals surface area contributed by atoms with E-state index >= 15 is 0 Å². The quantitative estimate of drug-likeness (QED) is 0.253. The van der Waals surface area contributed by atoms with E-state index < -0.39 is 0 Å². The summed E-state index contributed by atoms with van der Waals surface area (Å²) in [6.07, 6.45) is 6.67. The molecule has 0 aromatic heterocycles. The summed E-state index contributed by atoms with van der Waals surface area (Å²) in [6.45, 7) is 12.1. The van der Waals surface area contributed by atoms with E-state index in [2.05, 4.69) is 27.7 Å². The standard InChI is InChI=1S/C4H7O.3C4H10O.CH4.8H2O.2Zr.H2/c1-3-4(2)5;3*1-2-3-4-5;;;;;;;;;;;;/h2-3H2,1H3;3*5H,2-4H2,1H3;1H4;8*1H2;;;1H/q-1;;;;;;;;;;;;;;;. The second kappa shape index (κ2) is 143. The molecule has 0 spiro atoms. The fraction of sp³-hybridized carbons (Fsp3) is 0.882. The first-order valence-electron chi connectivity index (χ1n) is 7.69. The maximum Gasteiger partial charge on any atom is 0.0430 e. The average molecular weight is 638 g/mol. The topological polar surface area (TPSA) is 330 Å². The van der Waals surface area contributed by atoms with Gasteiger partial charge in [0.15, 0.2) is 0 Å². The Labute approximate surface area is 229 Å². The number of aliphatic hydroxyl groups excluding tert-OH is 3. The number of ketones is 1. The molecule has 208 valence electrons. The zero-order valence-electron chi connectivity index (χ0n) is 19.0. The first-order chi connectivity index (χ1) is 9.51. The second-order valence-corrected chi connectivity index (χ2v) is 4.12. The van der Waals surface area contributed by atoms with E-state index in [0.717, 1.165) is 38.5 Å². The summed E-state index contributed by atoms with van der Waals surface area (Å²) in [5.74, 6) is 0.00463. The normalized spacial score (nSPS) is 5.26. The Hall–Kier alpha value is 0.866. The smallest absolute Gasteiger partial charge is 0.0430 e. The fourth-order valence-corrected chi connectivity index (χ4v) is 0.474. The second-order valence-electron chi connectivity index (χ2n) is 4.12. The number of hydrogen-bond donors (Lipinski definition) is 3. The van der Waals surface area contributed by atoms with Crippen LogP contribution < -0.4 is 0 Å². The van der Waals surface area contributed by atoms with Crippen LogP contribution in [0.4, 0.5) is 0 Å². The van der Waals surface area contributed by atoms with Crippen molar-refractivity contribution in [2.75, 3.05) is 19.8 Å². The summed E-state index contributed by atoms with van der Waals surface area (Å²) in [4.78, 5) is 9.70. The van der Waals surface area contributed by atoms with Gasteiger partial charge in [0.2, 0.25) is 0 Å². The third-order valence-corrected chi connectivity index (χ3v) is 1.93. The minimum atomic E-state index is 0. The molecule has 0 aliphatic rings. The van der Waals surface area contributed by atoms with Crippen LogP contribution in [-0.2, 0) is 57.2 Å². The summed E-state index contributed by atoms with van der Waals surface area (Å²) >= 11 is 0. The Bertz CT molecular complexity index is 149. The van der Waals surface area contributed by atoms with Crippen molar-refractivity contribution in [3.8, 4) is 0 Å². The molecule has 0 saturated carbocycles. The van der Waals surface area contributed by atoms with Gasteiger partial charge in [-0.15, -0.1) is 0 Å². The van der Waals surface area contributed by atoms with E-state index in [0.29, 0.717) is 26.2 Å². The predicted octanol–water partition coefficient (Wildman–Crippen LogP) is -2.58. The SMILES string of the molecule is C.CCCCO.CCCCO.CCCCO.O.O.O.O.O.O.O.O.[CH2-]C(=O)CC.[HH].[Zr].[Zr]. The third kappa shape index (κ3) is 327. The molecular weight excluding hydrogens is 579 g/mol. The molecule has 0 fully saturated rings. The van der Waals surface area contributed by atoms with Crippen molar-refractivity contribution in [1.82, 2.24) is 0 Å². The van der Waals surface area contributed by atoms with Gasteiger partial charge in [-0.2, -0.15) is 0 Å². The van der Waals surface area contributed by atoms with E-state index in [4.69, 9.17) is 15.3 Å². The van der Waals surface area contributed by atoms with Gasteiger partial charge in [0.25, 0.3) is 0 Å². The largest absolute Gasteiger partial charge is 0.412 e. The summed E-state index contributed by atoms with van der Waals surface area (Å²) in [6, 6.07) is 0. The Morgan fingerprint density at radius 2 is 0.742 bits per heavy atom. The molecule has 0 aliphatic heterocycles. The Morgan fingerprint density at radius 3 is 0.742 bits per heavy atom. The molecule has 12 nitrogen and oxygen atoms in total. The van der Waals surface area contributed by atoms with Crippen LogP contribution in [0.25, 0.3) is 0 Å². The predicted molar refractivity (Wildman–Crippen MR) is 124 cm³/mol. The van der Waals surface area contributed by atoms with Crippen molar-refractivity contribution in [2.24, 2.45) is 0 Å². The molecule has 0 rings (SSSR count). The van der Waals surface area contributed by atoms with Crippen LogP contribution in [0.1, 0.15) is 81.5 Å². The molecule has 31 heavy (non-hydrogen) atoms. The zero-order valence-corrected chi connectivity index (χ0v) is 23.9. The van der Waals surface area contributed by atoms with Gasteiger partial charge in [0, 0.05) is 73.7 Å². The van der Waals surface area contributed by atoms with Gasteiger partial charge in [-0.05, 0) is 31.5 Å². The monoisotopic (exact) mass is 635 g/mol. The number of aliphatic hydroxyl groups is 3. The minimum Gasteiger partial charge on any atom is -0.412 e. The molecule has 14 heteroatoms. The van der Waals surface area contributed by atoms with Crippen molar-refractivity contribution in [3.63, 3.8) is 0 Å². The summed E-state index contributed by atoms with van der Waals surface area (Å²) < 4.78 is 0. The van der Waals surface area contributed by atoms with E-state index in [9.17, 15) is 4.79 Å². The Kier molecular flexibility index (Phi) is 493. The first kappa shape index (κ1) is 107. The van der Waals surface area contributed by atoms with Crippen LogP contribution in [0.5, 0.6) is 0 Å². The number of rotatable bonds is 7. The van der Waals surface area contributed by atoms with E-state index in [1.165, 1.54) is 0 Å². The van der Waals surface area contributed by atoms with E-state index in [1.807, 2.05) is 0 Å². The molecule has 0 unspecified atom stereocenters. The first-order valence-corrected chi connectivity index (χ1v) is 7.69. The molecule has 0 saturated heterocycles. The fourth-order valence-electron chi connectivity index (χ4n) is 0.474. The number of hydrogen-bond acceptors (Lipinski definition) is 4. The molecule has 0 heterocycles. The van der Waals surface area contributed by atoms with Gasteiger partial charge in [-0.3, -0.25) is 0 Å². The van der Waals surface area contributed by atoms with Gasteiger partial charge in [-0.1, -0.05) is 54.4 Å². The molecule has 0 aliphatic carbocycles. The van der Waals surface area contributed by atoms with Crippen LogP contribution in [0.2, 0.25) is 0 Å². The van der Waals surface area contributed by atoms with Gasteiger partial charge in [0.05, 0.1) is 0 Å². The van der Waals surface area contributed by atoms with Crippen LogP contribution in [-0.4, -0.2) is 84.7 Å². The Balaban J connectivity index is -0.00000000677. The molecule has 19 N–H and O–H groups in total. The van der Waals surface area contributed by atoms with Crippen molar-refractivity contribution in [2.45, 2.75) is 80.1 Å². The van der Waals surface area contributed by atoms with Crippen molar-refractivity contribution >= 4 is 5.78 Å². The van der Waals surface area contributed by atoms with Gasteiger partial charge in [-0.25, -0.2) is 0 Å². The zero-order chi connectivity index (χ0) is 16.6. The summed E-state index contributed by atoms with van der Waals surface area (Å²) in [7, 11) is 0. The minimum absolute atomic E-state index is 0. The van der Waals surface area contributed by atoms with Gasteiger partial charge < -0.3 is 70.8 Å². The van der Waals surface area contributed by atoms with Gasteiger partial charge in [0.1, 0.15) is 0 Å². The van der Waals surface area contributed by atoms with Crippen molar-refractivity contribution < 1.29 is 118 Å². The van der Waals surface area contributed by atoms with Crippen LogP contribution in [0.15, 0.2) is 0 Å². The molecule has 0 bridgehead atoms.